The van der Waals surface area contributed by atoms with Gasteiger partial charge in [0, 0.05) is 43.5 Å². The zero-order valence-corrected chi connectivity index (χ0v) is 13.1. The lowest BCUT2D eigenvalue weighted by molar-refractivity contribution is 0.199. The molecule has 1 aromatic heterocycles. The van der Waals surface area contributed by atoms with Crippen LogP contribution in [0, 0.1) is 5.82 Å². The normalized spacial score (nSPS) is 10.8. The number of methoxy groups -OCH3 is 1. The van der Waals surface area contributed by atoms with E-state index in [-0.39, 0.29) is 5.82 Å². The van der Waals surface area contributed by atoms with E-state index in [0.29, 0.717) is 6.61 Å². The number of nitrogens with zero attached hydrogens (tertiary/aromatic N) is 2. The van der Waals surface area contributed by atoms with Crippen LogP contribution in [0.4, 0.5) is 15.2 Å². The summed E-state index contributed by atoms with van der Waals surface area (Å²) in [4.78, 5) is 7.60. The fourth-order valence-electron chi connectivity index (χ4n) is 1.96. The summed E-state index contributed by atoms with van der Waals surface area (Å²) in [7, 11) is 1.69. The van der Waals surface area contributed by atoms with Crippen LogP contribution in [0.3, 0.4) is 0 Å². The van der Waals surface area contributed by atoms with Gasteiger partial charge in [0.05, 0.1) is 6.61 Å². The molecule has 0 bridgehead atoms. The lowest BCUT2D eigenvalue weighted by atomic mass is 10.3. The molecule has 1 aromatic carbocycles. The molecule has 0 spiro atoms. The highest BCUT2D eigenvalue weighted by Gasteiger charge is 2.12. The predicted molar refractivity (Wildman–Crippen MR) is 84.8 cm³/mol. The first-order valence-electron chi connectivity index (χ1n) is 6.92. The number of thiazole rings is 1. The van der Waals surface area contributed by atoms with Crippen LogP contribution >= 0.6 is 11.3 Å². The van der Waals surface area contributed by atoms with Crippen molar-refractivity contribution in [1.82, 2.24) is 10.3 Å². The Hall–Kier alpha value is -1.50. The Morgan fingerprint density at radius 3 is 3.00 bits per heavy atom. The van der Waals surface area contributed by atoms with E-state index in [1.54, 1.807) is 24.5 Å². The summed E-state index contributed by atoms with van der Waals surface area (Å²) in [6.45, 7) is 5.04. The second-order valence-corrected chi connectivity index (χ2v) is 5.60. The average molecular weight is 309 g/mol. The smallest absolute Gasteiger partial charge is 0.190 e. The molecule has 4 nitrogen and oxygen atoms in total. The number of rotatable bonds is 8. The number of hydrogen-bond donors (Lipinski definition) is 1. The number of aromatic nitrogens is 1. The van der Waals surface area contributed by atoms with Crippen LogP contribution in [-0.2, 0) is 11.3 Å². The second kappa shape index (κ2) is 8.07. The van der Waals surface area contributed by atoms with Crippen LogP contribution in [0.15, 0.2) is 30.5 Å². The number of hydrogen-bond acceptors (Lipinski definition) is 5. The van der Waals surface area contributed by atoms with Crippen molar-refractivity contribution in [2.24, 2.45) is 0 Å². The van der Waals surface area contributed by atoms with Gasteiger partial charge in [-0.3, -0.25) is 0 Å². The molecule has 0 unspecified atom stereocenters. The third-order valence-electron chi connectivity index (χ3n) is 2.99. The summed E-state index contributed by atoms with van der Waals surface area (Å²) < 4.78 is 18.3. The molecular weight excluding hydrogens is 289 g/mol. The molecule has 0 atom stereocenters. The molecule has 1 heterocycles. The predicted octanol–water partition coefficient (Wildman–Crippen LogP) is 3.18. The third kappa shape index (κ3) is 4.49. The molecule has 114 valence electrons. The molecule has 1 N–H and O–H groups in total. The maximum atomic E-state index is 13.4. The molecule has 0 aliphatic rings. The van der Waals surface area contributed by atoms with Gasteiger partial charge in [-0.15, -0.1) is 11.3 Å². The number of nitrogens with one attached hydrogen (secondary N) is 1. The lowest BCUT2D eigenvalue weighted by Gasteiger charge is -2.19. The number of ether oxygens (including phenoxy) is 1. The number of halogens is 1. The molecule has 2 rings (SSSR count). The first-order chi connectivity index (χ1) is 10.2. The van der Waals surface area contributed by atoms with Gasteiger partial charge in [0.15, 0.2) is 5.13 Å². The van der Waals surface area contributed by atoms with Gasteiger partial charge in [0.2, 0.25) is 0 Å². The maximum Gasteiger partial charge on any atom is 0.190 e. The molecule has 0 saturated carbocycles. The van der Waals surface area contributed by atoms with Gasteiger partial charge in [-0.25, -0.2) is 9.37 Å². The Morgan fingerprint density at radius 2 is 2.29 bits per heavy atom. The Balaban J connectivity index is 2.04. The average Bonchev–Trinajstić information content (AvgIpc) is 2.93. The Bertz CT molecular complexity index is 561. The largest absolute Gasteiger partial charge is 0.383 e. The van der Waals surface area contributed by atoms with Gasteiger partial charge < -0.3 is 15.0 Å². The highest BCUT2D eigenvalue weighted by molar-refractivity contribution is 7.15. The lowest BCUT2D eigenvalue weighted by Crippen LogP contribution is -2.17. The number of anilines is 2. The molecule has 0 amide bonds. The minimum absolute atomic E-state index is 0.232. The van der Waals surface area contributed by atoms with Gasteiger partial charge in [-0.05, 0) is 25.1 Å². The zero-order chi connectivity index (χ0) is 15.1. The minimum atomic E-state index is -0.232. The van der Waals surface area contributed by atoms with Crippen LogP contribution < -0.4 is 10.2 Å². The molecule has 0 radical (unpaired) electrons. The summed E-state index contributed by atoms with van der Waals surface area (Å²) >= 11 is 1.61. The zero-order valence-electron chi connectivity index (χ0n) is 12.3. The van der Waals surface area contributed by atoms with E-state index in [1.165, 1.54) is 12.1 Å². The molecular formula is C15H20FN3OS. The SMILES string of the molecule is CCN(c1cccc(F)c1)c1ncc(CNCCOC)s1. The molecule has 2 aromatic rings. The fraction of sp³-hybridized carbons (Fsp3) is 0.400. The topological polar surface area (TPSA) is 37.4 Å². The van der Waals surface area contributed by atoms with Crippen molar-refractivity contribution < 1.29 is 9.13 Å². The Morgan fingerprint density at radius 1 is 1.43 bits per heavy atom. The molecule has 0 aliphatic heterocycles. The van der Waals surface area contributed by atoms with Gasteiger partial charge in [-0.2, -0.15) is 0 Å². The number of benzene rings is 1. The van der Waals surface area contributed by atoms with Crippen LogP contribution in [0.25, 0.3) is 0 Å². The van der Waals surface area contributed by atoms with E-state index >= 15 is 0 Å². The molecule has 0 saturated heterocycles. The van der Waals surface area contributed by atoms with E-state index in [9.17, 15) is 4.39 Å². The standard InChI is InChI=1S/C15H20FN3OS/c1-3-19(13-6-4-5-12(16)9-13)15-18-11-14(21-15)10-17-7-8-20-2/h4-6,9,11,17H,3,7-8,10H2,1-2H3. The van der Waals surface area contributed by atoms with E-state index < -0.39 is 0 Å². The van der Waals surface area contributed by atoms with Crippen LogP contribution in [0.1, 0.15) is 11.8 Å². The summed E-state index contributed by atoms with van der Waals surface area (Å²) in [5.74, 6) is -0.232. The Labute approximate surface area is 128 Å². The van der Waals surface area contributed by atoms with Crippen molar-refractivity contribution in [3.63, 3.8) is 0 Å². The molecule has 21 heavy (non-hydrogen) atoms. The minimum Gasteiger partial charge on any atom is -0.383 e. The van der Waals surface area contributed by atoms with Crippen LogP contribution in [0.5, 0.6) is 0 Å². The van der Waals surface area contributed by atoms with E-state index in [1.807, 2.05) is 24.1 Å². The summed E-state index contributed by atoms with van der Waals surface area (Å²) in [6, 6.07) is 6.59. The van der Waals surface area contributed by atoms with Gasteiger partial charge in [-0.1, -0.05) is 6.07 Å². The van der Waals surface area contributed by atoms with E-state index in [4.69, 9.17) is 4.74 Å². The van der Waals surface area contributed by atoms with Gasteiger partial charge >= 0.3 is 0 Å². The van der Waals surface area contributed by atoms with Crippen molar-refractivity contribution in [3.05, 3.63) is 41.2 Å². The maximum absolute atomic E-state index is 13.4. The van der Waals surface area contributed by atoms with Gasteiger partial charge in [0.1, 0.15) is 5.82 Å². The van der Waals surface area contributed by atoms with E-state index in [2.05, 4.69) is 10.3 Å². The molecule has 6 heteroatoms. The second-order valence-electron chi connectivity index (χ2n) is 4.50. The van der Waals surface area contributed by atoms with Crippen molar-refractivity contribution in [2.45, 2.75) is 13.5 Å². The van der Waals surface area contributed by atoms with Gasteiger partial charge in [0.25, 0.3) is 0 Å². The van der Waals surface area contributed by atoms with Crippen LogP contribution in [0.2, 0.25) is 0 Å². The summed E-state index contributed by atoms with van der Waals surface area (Å²) in [6.07, 6.45) is 1.86. The first kappa shape index (κ1) is 15.9. The highest BCUT2D eigenvalue weighted by Crippen LogP contribution is 2.29. The Kier molecular flexibility index (Phi) is 6.10. The molecule has 0 fully saturated rings. The van der Waals surface area contributed by atoms with E-state index in [0.717, 1.165) is 35.3 Å². The quantitative estimate of drug-likeness (QED) is 0.760. The van der Waals surface area contributed by atoms with Crippen molar-refractivity contribution in [1.29, 1.82) is 0 Å². The van der Waals surface area contributed by atoms with Crippen molar-refractivity contribution in [3.8, 4) is 0 Å². The highest BCUT2D eigenvalue weighted by atomic mass is 32.1. The van der Waals surface area contributed by atoms with Crippen molar-refractivity contribution >= 4 is 22.2 Å². The third-order valence-corrected chi connectivity index (χ3v) is 4.01. The molecule has 0 aliphatic carbocycles. The van der Waals surface area contributed by atoms with Crippen LogP contribution in [-0.4, -0.2) is 31.8 Å². The summed E-state index contributed by atoms with van der Waals surface area (Å²) in [5.41, 5.74) is 0.825. The van der Waals surface area contributed by atoms with Crippen molar-refractivity contribution in [2.75, 3.05) is 31.7 Å². The summed E-state index contributed by atoms with van der Waals surface area (Å²) in [5, 5.41) is 4.17. The first-order valence-corrected chi connectivity index (χ1v) is 7.73. The fourth-order valence-corrected chi connectivity index (χ4v) is 2.93. The monoisotopic (exact) mass is 309 g/mol.